The molecule has 0 aliphatic heterocycles. The molecule has 1 aliphatic carbocycles. The topological polar surface area (TPSA) is 74.8 Å². The lowest BCUT2D eigenvalue weighted by Gasteiger charge is -2.16. The molecule has 2 aromatic carbocycles. The molecule has 5 nitrogen and oxygen atoms in total. The van der Waals surface area contributed by atoms with E-state index < -0.39 is 0 Å². The summed E-state index contributed by atoms with van der Waals surface area (Å²) in [5, 5.41) is 5.97. The number of nitrogens with zero attached hydrogens (tertiary/aromatic N) is 1. The first-order chi connectivity index (χ1) is 15.6. The van der Waals surface area contributed by atoms with E-state index in [-0.39, 0.29) is 17.2 Å². The fourth-order valence-electron chi connectivity index (χ4n) is 4.16. The molecule has 5 rings (SSSR count). The van der Waals surface area contributed by atoms with Crippen molar-refractivity contribution < 1.29 is 4.79 Å². The molecule has 0 bridgehead atoms. The normalized spacial score (nSPS) is 13.2. The van der Waals surface area contributed by atoms with E-state index in [4.69, 9.17) is 0 Å². The van der Waals surface area contributed by atoms with Crippen molar-refractivity contribution in [2.75, 3.05) is 11.1 Å². The van der Waals surface area contributed by atoms with Gasteiger partial charge in [-0.1, -0.05) is 42.1 Å². The SMILES string of the molecule is Cc1cccc(NC(=O)CSc2nc3scc(-c4ccc5c(c4)CCCC5)c3c(=O)[nH]2)c1. The van der Waals surface area contributed by atoms with Crippen molar-refractivity contribution in [2.45, 2.75) is 37.8 Å². The zero-order valence-corrected chi connectivity index (χ0v) is 19.4. The Kier molecular flexibility index (Phi) is 5.85. The number of carbonyl (C=O) groups excluding carboxylic acids is 1. The van der Waals surface area contributed by atoms with Gasteiger partial charge < -0.3 is 10.3 Å². The highest BCUT2D eigenvalue weighted by Crippen LogP contribution is 2.34. The minimum Gasteiger partial charge on any atom is -0.325 e. The van der Waals surface area contributed by atoms with Gasteiger partial charge >= 0.3 is 0 Å². The highest BCUT2D eigenvalue weighted by atomic mass is 32.2. The van der Waals surface area contributed by atoms with Crippen LogP contribution in [-0.2, 0) is 17.6 Å². The molecule has 32 heavy (non-hydrogen) atoms. The zero-order chi connectivity index (χ0) is 22.1. The van der Waals surface area contributed by atoms with Gasteiger partial charge in [0, 0.05) is 16.6 Å². The number of benzene rings is 2. The number of hydrogen-bond acceptors (Lipinski definition) is 5. The number of thioether (sulfide) groups is 1. The lowest BCUT2D eigenvalue weighted by molar-refractivity contribution is -0.113. The Hall–Kier alpha value is -2.90. The number of rotatable bonds is 5. The molecule has 0 saturated carbocycles. The van der Waals surface area contributed by atoms with Gasteiger partial charge in [-0.3, -0.25) is 9.59 Å². The van der Waals surface area contributed by atoms with Gasteiger partial charge in [-0.2, -0.15) is 0 Å². The van der Waals surface area contributed by atoms with E-state index in [1.807, 2.05) is 36.6 Å². The molecular formula is C25H23N3O2S2. The van der Waals surface area contributed by atoms with Crippen LogP contribution in [0.4, 0.5) is 5.69 Å². The summed E-state index contributed by atoms with van der Waals surface area (Å²) in [6, 6.07) is 14.2. The van der Waals surface area contributed by atoms with Gasteiger partial charge in [0.25, 0.3) is 5.56 Å². The number of hydrogen-bond donors (Lipinski definition) is 2. The Balaban J connectivity index is 1.35. The lowest BCUT2D eigenvalue weighted by atomic mass is 9.89. The molecule has 0 atom stereocenters. The van der Waals surface area contributed by atoms with E-state index in [0.29, 0.717) is 15.4 Å². The summed E-state index contributed by atoms with van der Waals surface area (Å²) < 4.78 is 0. The Bertz CT molecular complexity index is 1370. The molecule has 2 heterocycles. The smallest absolute Gasteiger partial charge is 0.260 e. The van der Waals surface area contributed by atoms with Crippen LogP contribution in [0, 0.1) is 6.92 Å². The van der Waals surface area contributed by atoms with E-state index in [9.17, 15) is 9.59 Å². The maximum absolute atomic E-state index is 12.9. The van der Waals surface area contributed by atoms with E-state index in [2.05, 4.69) is 33.5 Å². The lowest BCUT2D eigenvalue weighted by Crippen LogP contribution is -2.15. The quantitative estimate of drug-likeness (QED) is 0.301. The van der Waals surface area contributed by atoms with Crippen molar-refractivity contribution in [1.29, 1.82) is 0 Å². The summed E-state index contributed by atoms with van der Waals surface area (Å²) in [5.74, 6) is 0.0371. The minimum atomic E-state index is -0.162. The predicted molar refractivity (Wildman–Crippen MR) is 133 cm³/mol. The van der Waals surface area contributed by atoms with Gasteiger partial charge in [0.15, 0.2) is 5.16 Å². The maximum atomic E-state index is 12.9. The Morgan fingerprint density at radius 3 is 2.84 bits per heavy atom. The Morgan fingerprint density at radius 2 is 2.00 bits per heavy atom. The molecule has 1 amide bonds. The summed E-state index contributed by atoms with van der Waals surface area (Å²) in [5.41, 5.74) is 6.51. The van der Waals surface area contributed by atoms with Gasteiger partial charge in [-0.05, 0) is 67.0 Å². The molecule has 0 radical (unpaired) electrons. The van der Waals surface area contributed by atoms with Crippen LogP contribution >= 0.6 is 23.1 Å². The number of thiophene rings is 1. The van der Waals surface area contributed by atoms with Crippen LogP contribution in [0.1, 0.15) is 29.5 Å². The Morgan fingerprint density at radius 1 is 1.16 bits per heavy atom. The average Bonchev–Trinajstić information content (AvgIpc) is 3.22. The number of H-pyrrole nitrogens is 1. The number of anilines is 1. The summed E-state index contributed by atoms with van der Waals surface area (Å²) >= 11 is 2.70. The highest BCUT2D eigenvalue weighted by Gasteiger charge is 2.16. The monoisotopic (exact) mass is 461 g/mol. The number of nitrogens with one attached hydrogen (secondary N) is 2. The van der Waals surface area contributed by atoms with Crippen LogP contribution in [0.2, 0.25) is 0 Å². The molecule has 1 aliphatic rings. The second kappa shape index (κ2) is 8.92. The molecular weight excluding hydrogens is 438 g/mol. The maximum Gasteiger partial charge on any atom is 0.260 e. The Labute approximate surface area is 194 Å². The molecule has 4 aromatic rings. The summed E-state index contributed by atoms with van der Waals surface area (Å²) in [7, 11) is 0. The third-order valence-electron chi connectivity index (χ3n) is 5.72. The van der Waals surface area contributed by atoms with Crippen molar-refractivity contribution in [3.8, 4) is 11.1 Å². The zero-order valence-electron chi connectivity index (χ0n) is 17.7. The molecule has 0 saturated heterocycles. The van der Waals surface area contributed by atoms with Crippen molar-refractivity contribution >= 4 is 44.9 Å². The minimum absolute atomic E-state index is 0.135. The van der Waals surface area contributed by atoms with E-state index in [1.165, 1.54) is 47.1 Å². The van der Waals surface area contributed by atoms with Crippen LogP contribution in [-0.4, -0.2) is 21.6 Å². The first-order valence-corrected chi connectivity index (χ1v) is 12.6. The number of fused-ring (bicyclic) bond motifs is 2. The molecule has 2 N–H and O–H groups in total. The first kappa shape index (κ1) is 21.0. The molecule has 162 valence electrons. The summed E-state index contributed by atoms with van der Waals surface area (Å²) in [6.45, 7) is 1.98. The van der Waals surface area contributed by atoms with Crippen molar-refractivity contribution in [2.24, 2.45) is 0 Å². The number of amides is 1. The van der Waals surface area contributed by atoms with Crippen LogP contribution < -0.4 is 10.9 Å². The number of carbonyl (C=O) groups is 1. The van der Waals surface area contributed by atoms with Gasteiger partial charge in [0.05, 0.1) is 11.1 Å². The summed E-state index contributed by atoms with van der Waals surface area (Å²) in [4.78, 5) is 33.4. The van der Waals surface area contributed by atoms with Crippen molar-refractivity contribution in [1.82, 2.24) is 9.97 Å². The van der Waals surface area contributed by atoms with E-state index in [0.717, 1.165) is 35.2 Å². The first-order valence-electron chi connectivity index (χ1n) is 10.7. The van der Waals surface area contributed by atoms with Gasteiger partial charge in [0.2, 0.25) is 5.91 Å². The van der Waals surface area contributed by atoms with Crippen LogP contribution in [0.3, 0.4) is 0 Å². The number of aromatic amines is 1. The van der Waals surface area contributed by atoms with Crippen LogP contribution in [0.5, 0.6) is 0 Å². The average molecular weight is 462 g/mol. The van der Waals surface area contributed by atoms with E-state index in [1.54, 1.807) is 0 Å². The van der Waals surface area contributed by atoms with Crippen LogP contribution in [0.25, 0.3) is 21.3 Å². The third kappa shape index (κ3) is 4.36. The molecule has 0 unspecified atom stereocenters. The predicted octanol–water partition coefficient (Wildman–Crippen LogP) is 5.57. The standard InChI is InChI=1S/C25H23N3O2S2/c1-15-5-4-8-19(11-15)26-21(29)14-32-25-27-23(30)22-20(13-31-24(22)28-25)18-10-9-16-6-2-3-7-17(16)12-18/h4-5,8-13H,2-3,6-7,14H2,1H3,(H,26,29)(H,27,28,30). The number of aryl methyl sites for hydroxylation is 3. The second-order valence-electron chi connectivity index (χ2n) is 8.10. The van der Waals surface area contributed by atoms with E-state index >= 15 is 0 Å². The highest BCUT2D eigenvalue weighted by molar-refractivity contribution is 7.99. The van der Waals surface area contributed by atoms with Crippen molar-refractivity contribution in [3.63, 3.8) is 0 Å². The van der Waals surface area contributed by atoms with Gasteiger partial charge in [-0.25, -0.2) is 4.98 Å². The van der Waals surface area contributed by atoms with Crippen molar-refractivity contribution in [3.05, 3.63) is 74.9 Å². The third-order valence-corrected chi connectivity index (χ3v) is 7.47. The van der Waals surface area contributed by atoms with Gasteiger partial charge in [0.1, 0.15) is 4.83 Å². The van der Waals surface area contributed by atoms with Crippen LogP contribution in [0.15, 0.2) is 57.8 Å². The molecule has 0 fully saturated rings. The fourth-order valence-corrected chi connectivity index (χ4v) is 5.83. The summed E-state index contributed by atoms with van der Waals surface area (Å²) in [6.07, 6.45) is 4.72. The fraction of sp³-hybridized carbons (Fsp3) is 0.240. The van der Waals surface area contributed by atoms with Gasteiger partial charge in [-0.15, -0.1) is 11.3 Å². The number of aromatic nitrogens is 2. The molecule has 0 spiro atoms. The molecule has 2 aromatic heterocycles. The largest absolute Gasteiger partial charge is 0.325 e. The molecule has 7 heteroatoms. The second-order valence-corrected chi connectivity index (χ2v) is 9.92.